The highest BCUT2D eigenvalue weighted by atomic mass is 16.5. The van der Waals surface area contributed by atoms with Gasteiger partial charge in [-0.25, -0.2) is 0 Å². The van der Waals surface area contributed by atoms with E-state index in [1.54, 1.807) is 6.92 Å². The van der Waals surface area contributed by atoms with Crippen LogP contribution >= 0.6 is 0 Å². The van der Waals surface area contributed by atoms with Crippen molar-refractivity contribution in [1.82, 2.24) is 0 Å². The van der Waals surface area contributed by atoms with Crippen LogP contribution in [0.1, 0.15) is 30.0 Å². The molecule has 118 valence electrons. The highest BCUT2D eigenvalue weighted by Gasteiger charge is 2.44. The van der Waals surface area contributed by atoms with E-state index in [1.165, 1.54) is 0 Å². The van der Waals surface area contributed by atoms with Crippen LogP contribution in [0, 0.1) is 0 Å². The largest absolute Gasteiger partial charge is 0.457 e. The third-order valence-corrected chi connectivity index (χ3v) is 4.69. The summed E-state index contributed by atoms with van der Waals surface area (Å²) < 4.78 is 6.12. The minimum absolute atomic E-state index is 0.158. The number of carbonyl (C=O) groups is 1. The average Bonchev–Trinajstić information content (AvgIpc) is 2.62. The van der Waals surface area contributed by atoms with Crippen molar-refractivity contribution < 1.29 is 9.53 Å². The third kappa shape index (κ3) is 2.15. The van der Waals surface area contributed by atoms with Gasteiger partial charge in [-0.2, -0.15) is 0 Å². The van der Waals surface area contributed by atoms with Crippen molar-refractivity contribution in [3.8, 4) is 11.5 Å². The smallest absolute Gasteiger partial charge is 0.131 e. The quantitative estimate of drug-likeness (QED) is 0.672. The van der Waals surface area contributed by atoms with Crippen LogP contribution in [0.2, 0.25) is 0 Å². The molecule has 2 nitrogen and oxygen atoms in total. The number of hydrogen-bond donors (Lipinski definition) is 0. The summed E-state index contributed by atoms with van der Waals surface area (Å²) in [6.07, 6.45) is 0.411. The first-order chi connectivity index (χ1) is 11.7. The molecule has 2 heteroatoms. The Labute approximate surface area is 141 Å². The predicted octanol–water partition coefficient (Wildman–Crippen LogP) is 5.11. The molecule has 0 spiro atoms. The van der Waals surface area contributed by atoms with Crippen molar-refractivity contribution >= 4 is 5.78 Å². The minimum atomic E-state index is -0.515. The fraction of sp³-hybridized carbons (Fsp3) is 0.136. The molecule has 1 heterocycles. The van der Waals surface area contributed by atoms with Crippen molar-refractivity contribution in [3.05, 3.63) is 95.6 Å². The van der Waals surface area contributed by atoms with Gasteiger partial charge in [0.15, 0.2) is 0 Å². The first-order valence-corrected chi connectivity index (χ1v) is 8.13. The zero-order chi connectivity index (χ0) is 16.6. The van der Waals surface area contributed by atoms with E-state index in [1.807, 2.05) is 54.6 Å². The molecule has 0 saturated carbocycles. The Morgan fingerprint density at radius 3 is 1.83 bits per heavy atom. The second-order valence-electron chi connectivity index (χ2n) is 6.24. The molecule has 4 rings (SSSR count). The average molecular weight is 314 g/mol. The van der Waals surface area contributed by atoms with E-state index < -0.39 is 5.41 Å². The van der Waals surface area contributed by atoms with E-state index >= 15 is 0 Å². The lowest BCUT2D eigenvalue weighted by Crippen LogP contribution is -2.34. The van der Waals surface area contributed by atoms with Gasteiger partial charge in [-0.05, 0) is 24.6 Å². The summed E-state index contributed by atoms with van der Waals surface area (Å²) in [5.74, 6) is 1.80. The van der Waals surface area contributed by atoms with Gasteiger partial charge < -0.3 is 4.74 Å². The molecule has 1 aliphatic heterocycles. The van der Waals surface area contributed by atoms with E-state index in [9.17, 15) is 4.79 Å². The molecule has 3 aromatic rings. The van der Waals surface area contributed by atoms with Gasteiger partial charge in [-0.1, -0.05) is 66.7 Å². The van der Waals surface area contributed by atoms with Crippen LogP contribution in [-0.2, 0) is 10.2 Å². The SMILES string of the molecule is CC(=O)CC1(c2ccccc2)c2ccccc2Oc2ccccc21. The maximum atomic E-state index is 12.3. The fourth-order valence-corrected chi connectivity index (χ4v) is 3.78. The number of hydrogen-bond acceptors (Lipinski definition) is 2. The van der Waals surface area contributed by atoms with E-state index in [-0.39, 0.29) is 5.78 Å². The fourth-order valence-electron chi connectivity index (χ4n) is 3.78. The number of carbonyl (C=O) groups excluding carboxylic acids is 1. The van der Waals surface area contributed by atoms with Gasteiger partial charge in [0.1, 0.15) is 17.3 Å². The Kier molecular flexibility index (Phi) is 3.46. The van der Waals surface area contributed by atoms with Crippen molar-refractivity contribution in [3.63, 3.8) is 0 Å². The number of para-hydroxylation sites is 2. The van der Waals surface area contributed by atoms with Crippen LogP contribution in [0.25, 0.3) is 0 Å². The maximum Gasteiger partial charge on any atom is 0.131 e. The summed E-state index contributed by atoms with van der Waals surface area (Å²) in [6.45, 7) is 1.66. The van der Waals surface area contributed by atoms with Crippen molar-refractivity contribution in [2.75, 3.05) is 0 Å². The lowest BCUT2D eigenvalue weighted by Gasteiger charge is -2.40. The lowest BCUT2D eigenvalue weighted by atomic mass is 9.65. The molecule has 0 aromatic heterocycles. The Balaban J connectivity index is 2.10. The number of fused-ring (bicyclic) bond motifs is 2. The van der Waals surface area contributed by atoms with Gasteiger partial charge in [0.25, 0.3) is 0 Å². The number of Topliss-reactive ketones (excluding diaryl/α,β-unsaturated/α-hetero) is 1. The van der Waals surface area contributed by atoms with Gasteiger partial charge in [0.05, 0.1) is 5.41 Å². The summed E-state index contributed by atoms with van der Waals surface area (Å²) in [5.41, 5.74) is 2.69. The molecule has 0 saturated heterocycles. The summed E-state index contributed by atoms with van der Waals surface area (Å²) in [4.78, 5) is 12.3. The molecule has 0 bridgehead atoms. The Morgan fingerprint density at radius 2 is 1.29 bits per heavy atom. The Bertz CT molecular complexity index is 851. The van der Waals surface area contributed by atoms with Crippen molar-refractivity contribution in [2.24, 2.45) is 0 Å². The summed E-state index contributed by atoms with van der Waals surface area (Å²) in [5, 5.41) is 0. The number of ketones is 1. The maximum absolute atomic E-state index is 12.3. The first-order valence-electron chi connectivity index (χ1n) is 8.13. The minimum Gasteiger partial charge on any atom is -0.457 e. The second-order valence-corrected chi connectivity index (χ2v) is 6.24. The topological polar surface area (TPSA) is 26.3 Å². The summed E-state index contributed by atoms with van der Waals surface area (Å²) in [6, 6.07) is 26.3. The van der Waals surface area contributed by atoms with Gasteiger partial charge in [-0.3, -0.25) is 4.79 Å². The van der Waals surface area contributed by atoms with Crippen LogP contribution < -0.4 is 4.74 Å². The van der Waals surface area contributed by atoms with E-state index in [0.29, 0.717) is 6.42 Å². The van der Waals surface area contributed by atoms with Gasteiger partial charge in [0.2, 0.25) is 0 Å². The van der Waals surface area contributed by atoms with Gasteiger partial charge in [-0.15, -0.1) is 0 Å². The van der Waals surface area contributed by atoms with E-state index in [2.05, 4.69) is 24.3 Å². The molecule has 0 fully saturated rings. The van der Waals surface area contributed by atoms with Crippen LogP contribution in [0.5, 0.6) is 11.5 Å². The normalized spacial score (nSPS) is 14.2. The molecule has 0 N–H and O–H groups in total. The molecule has 0 unspecified atom stereocenters. The number of benzene rings is 3. The molecule has 3 aromatic carbocycles. The van der Waals surface area contributed by atoms with Crippen LogP contribution in [0.3, 0.4) is 0 Å². The molecule has 0 radical (unpaired) electrons. The molecule has 0 atom stereocenters. The highest BCUT2D eigenvalue weighted by molar-refractivity contribution is 5.81. The summed E-state index contributed by atoms with van der Waals surface area (Å²) in [7, 11) is 0. The molecular formula is C22H18O2. The standard InChI is InChI=1S/C22H18O2/c1-16(23)15-22(17-9-3-2-4-10-17)18-11-5-7-13-20(18)24-21-14-8-6-12-19(21)22/h2-14H,15H2,1H3. The third-order valence-electron chi connectivity index (χ3n) is 4.69. The van der Waals surface area contributed by atoms with Crippen LogP contribution in [0.15, 0.2) is 78.9 Å². The zero-order valence-electron chi connectivity index (χ0n) is 13.5. The Hall–Kier alpha value is -2.87. The molecule has 0 aliphatic carbocycles. The highest BCUT2D eigenvalue weighted by Crippen LogP contribution is 2.53. The lowest BCUT2D eigenvalue weighted by molar-refractivity contribution is -0.117. The van der Waals surface area contributed by atoms with E-state index in [4.69, 9.17) is 4.74 Å². The van der Waals surface area contributed by atoms with Crippen molar-refractivity contribution in [2.45, 2.75) is 18.8 Å². The van der Waals surface area contributed by atoms with E-state index in [0.717, 1.165) is 28.2 Å². The van der Waals surface area contributed by atoms with Gasteiger partial charge >= 0.3 is 0 Å². The number of rotatable bonds is 3. The molecular weight excluding hydrogens is 296 g/mol. The molecule has 0 amide bonds. The van der Waals surface area contributed by atoms with Crippen molar-refractivity contribution in [1.29, 1.82) is 0 Å². The Morgan fingerprint density at radius 1 is 0.792 bits per heavy atom. The monoisotopic (exact) mass is 314 g/mol. The predicted molar refractivity (Wildman–Crippen MR) is 94.6 cm³/mol. The second kappa shape index (κ2) is 5.64. The van der Waals surface area contributed by atoms with Crippen LogP contribution in [0.4, 0.5) is 0 Å². The molecule has 24 heavy (non-hydrogen) atoms. The van der Waals surface area contributed by atoms with Gasteiger partial charge in [0, 0.05) is 17.5 Å². The summed E-state index contributed by atoms with van der Waals surface area (Å²) >= 11 is 0. The first kappa shape index (κ1) is 14.7. The zero-order valence-corrected chi connectivity index (χ0v) is 13.5. The number of ether oxygens (including phenoxy) is 1. The van der Waals surface area contributed by atoms with Crippen LogP contribution in [-0.4, -0.2) is 5.78 Å². The molecule has 1 aliphatic rings.